The molecule has 1 aromatic rings. The van der Waals surface area contributed by atoms with Crippen LogP contribution >= 0.6 is 11.8 Å². The van der Waals surface area contributed by atoms with Gasteiger partial charge in [-0.1, -0.05) is 11.8 Å². The highest BCUT2D eigenvalue weighted by Crippen LogP contribution is 2.37. The number of halogens is 4. The fraction of sp³-hybridized carbons (Fsp3) is 0.429. The van der Waals surface area contributed by atoms with E-state index in [1.54, 1.807) is 13.8 Å². The van der Waals surface area contributed by atoms with Crippen LogP contribution in [0, 0.1) is 5.82 Å². The van der Waals surface area contributed by atoms with Gasteiger partial charge in [0.1, 0.15) is 11.2 Å². The van der Waals surface area contributed by atoms with Crippen LogP contribution in [0.5, 0.6) is 0 Å². The first-order valence-electron chi connectivity index (χ1n) is 6.95. The number of rotatable bonds is 4. The molecular weight excluding hydrogens is 350 g/mol. The molecule has 2 rings (SSSR count). The third-order valence-corrected chi connectivity index (χ3v) is 4.37. The fourth-order valence-corrected chi connectivity index (χ4v) is 3.13. The zero-order valence-electron chi connectivity index (χ0n) is 12.7. The van der Waals surface area contributed by atoms with Gasteiger partial charge in [-0.25, -0.2) is 4.39 Å². The molecule has 0 aliphatic carbocycles. The molecule has 2 atom stereocenters. The number of thioether (sulfide) groups is 1. The van der Waals surface area contributed by atoms with Crippen LogP contribution in [0.3, 0.4) is 0 Å². The first-order valence-corrected chi connectivity index (χ1v) is 7.83. The fourth-order valence-electron chi connectivity index (χ4n) is 1.97. The summed E-state index contributed by atoms with van der Waals surface area (Å²) in [7, 11) is 0. The SMILES string of the molecule is CC(C)N1N=C(C(F)(F)F)SC1C(O)C(=O)Nc1ccc(F)cc1. The van der Waals surface area contributed by atoms with Gasteiger partial charge in [-0.2, -0.15) is 18.3 Å². The van der Waals surface area contributed by atoms with E-state index in [1.165, 1.54) is 12.1 Å². The molecule has 0 fully saturated rings. The third kappa shape index (κ3) is 4.18. The zero-order valence-corrected chi connectivity index (χ0v) is 13.5. The minimum Gasteiger partial charge on any atom is -0.380 e. The standard InChI is InChI=1S/C14H15F4N3O2S/c1-7(2)21-12(24-13(20-21)14(16,17)18)10(22)11(23)19-9-5-3-8(15)4-6-9/h3-7,10,12,22H,1-2H3,(H,19,23). The summed E-state index contributed by atoms with van der Waals surface area (Å²) >= 11 is 0.284. The number of hydrogen-bond donors (Lipinski definition) is 2. The summed E-state index contributed by atoms with van der Waals surface area (Å²) < 4.78 is 51.3. The van der Waals surface area contributed by atoms with Crippen molar-refractivity contribution >= 4 is 28.4 Å². The summed E-state index contributed by atoms with van der Waals surface area (Å²) in [6.45, 7) is 3.20. The molecule has 2 N–H and O–H groups in total. The number of amides is 1. The Kier molecular flexibility index (Phi) is 5.38. The lowest BCUT2D eigenvalue weighted by molar-refractivity contribution is -0.125. The Morgan fingerprint density at radius 2 is 1.92 bits per heavy atom. The van der Waals surface area contributed by atoms with Gasteiger partial charge in [0.25, 0.3) is 5.91 Å². The summed E-state index contributed by atoms with van der Waals surface area (Å²) in [6.07, 6.45) is -6.41. The Bertz CT molecular complexity index is 634. The molecule has 2 unspecified atom stereocenters. The molecule has 0 saturated carbocycles. The molecule has 0 spiro atoms. The zero-order chi connectivity index (χ0) is 18.1. The Morgan fingerprint density at radius 1 is 1.33 bits per heavy atom. The Hall–Kier alpha value is -1.81. The van der Waals surface area contributed by atoms with Crippen molar-refractivity contribution in [3.8, 4) is 0 Å². The van der Waals surface area contributed by atoms with Gasteiger partial charge >= 0.3 is 6.18 Å². The predicted octanol–water partition coefficient (Wildman–Crippen LogP) is 2.78. The van der Waals surface area contributed by atoms with Crippen molar-refractivity contribution in [1.82, 2.24) is 5.01 Å². The maximum Gasteiger partial charge on any atom is 0.441 e. The van der Waals surface area contributed by atoms with Crippen LogP contribution in [0.1, 0.15) is 13.8 Å². The van der Waals surface area contributed by atoms with E-state index in [0.717, 1.165) is 17.1 Å². The number of carbonyl (C=O) groups excluding carboxylic acids is 1. The van der Waals surface area contributed by atoms with E-state index in [9.17, 15) is 27.5 Å². The van der Waals surface area contributed by atoms with Gasteiger partial charge < -0.3 is 10.4 Å². The Morgan fingerprint density at radius 3 is 2.42 bits per heavy atom. The van der Waals surface area contributed by atoms with Gasteiger partial charge in [0, 0.05) is 11.7 Å². The van der Waals surface area contributed by atoms with Gasteiger partial charge in [-0.05, 0) is 38.1 Å². The van der Waals surface area contributed by atoms with Crippen LogP contribution in [0.2, 0.25) is 0 Å². The summed E-state index contributed by atoms with van der Waals surface area (Å²) in [5, 5.41) is 14.7. The highest BCUT2D eigenvalue weighted by atomic mass is 32.2. The summed E-state index contributed by atoms with van der Waals surface area (Å²) in [5.74, 6) is -1.41. The third-order valence-electron chi connectivity index (χ3n) is 3.12. The van der Waals surface area contributed by atoms with Crippen molar-refractivity contribution in [2.75, 3.05) is 5.32 Å². The van der Waals surface area contributed by atoms with E-state index in [4.69, 9.17) is 0 Å². The van der Waals surface area contributed by atoms with Gasteiger partial charge in [-0.15, -0.1) is 0 Å². The van der Waals surface area contributed by atoms with Crippen LogP contribution in [-0.4, -0.2) is 44.8 Å². The Labute approximate surface area is 139 Å². The lowest BCUT2D eigenvalue weighted by Gasteiger charge is -2.29. The van der Waals surface area contributed by atoms with Crippen LogP contribution in [-0.2, 0) is 4.79 Å². The van der Waals surface area contributed by atoms with Crippen molar-refractivity contribution in [2.24, 2.45) is 5.10 Å². The van der Waals surface area contributed by atoms with E-state index < -0.39 is 40.5 Å². The van der Waals surface area contributed by atoms with Crippen LogP contribution in [0.25, 0.3) is 0 Å². The number of nitrogens with one attached hydrogen (secondary N) is 1. The number of benzene rings is 1. The molecule has 132 valence electrons. The minimum atomic E-state index is -4.65. The second kappa shape index (κ2) is 6.98. The average Bonchev–Trinajstić information content (AvgIpc) is 2.94. The number of aliphatic hydroxyl groups is 1. The molecule has 5 nitrogen and oxygen atoms in total. The van der Waals surface area contributed by atoms with E-state index in [0.29, 0.717) is 0 Å². The smallest absolute Gasteiger partial charge is 0.380 e. The first-order chi connectivity index (χ1) is 11.1. The van der Waals surface area contributed by atoms with Crippen LogP contribution < -0.4 is 5.32 Å². The largest absolute Gasteiger partial charge is 0.441 e. The highest BCUT2D eigenvalue weighted by molar-refractivity contribution is 8.14. The molecule has 0 aromatic heterocycles. The van der Waals surface area contributed by atoms with E-state index in [-0.39, 0.29) is 17.4 Å². The molecule has 0 saturated heterocycles. The number of hydrogen-bond acceptors (Lipinski definition) is 5. The number of carbonyl (C=O) groups is 1. The monoisotopic (exact) mass is 365 g/mol. The lowest BCUT2D eigenvalue weighted by Crippen LogP contribution is -2.45. The number of hydrazone groups is 1. The molecule has 24 heavy (non-hydrogen) atoms. The number of aliphatic hydroxyl groups excluding tert-OH is 1. The second-order valence-electron chi connectivity index (χ2n) is 5.33. The van der Waals surface area contributed by atoms with Crippen molar-refractivity contribution in [3.05, 3.63) is 30.1 Å². The highest BCUT2D eigenvalue weighted by Gasteiger charge is 2.47. The Balaban J connectivity index is 2.11. The van der Waals surface area contributed by atoms with Gasteiger partial charge in [-0.3, -0.25) is 9.80 Å². The molecule has 1 aromatic carbocycles. The topological polar surface area (TPSA) is 64.9 Å². The van der Waals surface area contributed by atoms with Crippen molar-refractivity contribution in [3.63, 3.8) is 0 Å². The quantitative estimate of drug-likeness (QED) is 0.806. The second-order valence-corrected chi connectivity index (χ2v) is 6.43. The maximum atomic E-state index is 12.8. The van der Waals surface area contributed by atoms with Crippen LogP contribution in [0.4, 0.5) is 23.2 Å². The predicted molar refractivity (Wildman–Crippen MR) is 82.9 cm³/mol. The van der Waals surface area contributed by atoms with Gasteiger partial charge in [0.2, 0.25) is 0 Å². The maximum absolute atomic E-state index is 12.8. The molecule has 10 heteroatoms. The first kappa shape index (κ1) is 18.5. The number of alkyl halides is 3. The van der Waals surface area contributed by atoms with Gasteiger partial charge in [0.05, 0.1) is 0 Å². The van der Waals surface area contributed by atoms with Gasteiger partial charge in [0.15, 0.2) is 11.1 Å². The molecule has 1 aliphatic rings. The van der Waals surface area contributed by atoms with E-state index >= 15 is 0 Å². The molecule has 1 amide bonds. The summed E-state index contributed by atoms with van der Waals surface area (Å²) in [4.78, 5) is 12.1. The molecule has 1 heterocycles. The minimum absolute atomic E-state index is 0.219. The van der Waals surface area contributed by atoms with Crippen molar-refractivity contribution in [2.45, 2.75) is 37.5 Å². The average molecular weight is 365 g/mol. The molecular formula is C14H15F4N3O2S. The summed E-state index contributed by atoms with van der Waals surface area (Å²) in [6, 6.07) is 4.32. The molecule has 0 radical (unpaired) electrons. The van der Waals surface area contributed by atoms with E-state index in [1.807, 2.05) is 0 Å². The molecule has 1 aliphatic heterocycles. The summed E-state index contributed by atoms with van der Waals surface area (Å²) in [5.41, 5.74) is 0.219. The van der Waals surface area contributed by atoms with Crippen molar-refractivity contribution in [1.29, 1.82) is 0 Å². The van der Waals surface area contributed by atoms with Crippen molar-refractivity contribution < 1.29 is 27.5 Å². The lowest BCUT2D eigenvalue weighted by atomic mass is 10.2. The number of nitrogens with zero attached hydrogens (tertiary/aromatic N) is 2. The number of anilines is 1. The van der Waals surface area contributed by atoms with E-state index in [2.05, 4.69) is 10.4 Å². The molecule has 0 bridgehead atoms. The normalized spacial score (nSPS) is 19.4. The van der Waals surface area contributed by atoms with Crippen LogP contribution in [0.15, 0.2) is 29.4 Å².